The second-order valence-electron chi connectivity index (χ2n) is 3.51. The van der Waals surface area contributed by atoms with Gasteiger partial charge in [-0.25, -0.2) is 4.39 Å². The fourth-order valence-electron chi connectivity index (χ4n) is 1.53. The molecule has 1 rings (SSSR count). The van der Waals surface area contributed by atoms with Crippen molar-refractivity contribution in [2.75, 3.05) is 24.7 Å². The van der Waals surface area contributed by atoms with Crippen molar-refractivity contribution in [3.8, 4) is 0 Å². The molecular weight excluding hydrogens is 209 g/mol. The molecule has 1 N–H and O–H groups in total. The summed E-state index contributed by atoms with van der Waals surface area (Å²) in [6.45, 7) is 0.450. The van der Waals surface area contributed by atoms with Crippen molar-refractivity contribution in [1.29, 1.82) is 0 Å². The van der Waals surface area contributed by atoms with Crippen LogP contribution in [-0.2, 0) is 4.79 Å². The van der Waals surface area contributed by atoms with Crippen molar-refractivity contribution in [2.24, 2.45) is 0 Å². The molecule has 0 amide bonds. The van der Waals surface area contributed by atoms with E-state index >= 15 is 0 Å². The zero-order valence-corrected chi connectivity index (χ0v) is 9.10. The van der Waals surface area contributed by atoms with Gasteiger partial charge in [0.2, 0.25) is 0 Å². The average Bonchev–Trinajstić information content (AvgIpc) is 2.29. The molecule has 4 heteroatoms. The number of rotatable bonds is 7. The summed E-state index contributed by atoms with van der Waals surface area (Å²) < 4.78 is 12.4. The molecule has 0 saturated carbocycles. The molecule has 0 radical (unpaired) electrons. The molecule has 1 aromatic carbocycles. The number of carbonyl (C=O) groups is 1. The summed E-state index contributed by atoms with van der Waals surface area (Å²) in [5.74, 6) is -0.812. The Morgan fingerprint density at radius 2 is 1.94 bits per heavy atom. The quantitative estimate of drug-likeness (QED) is 0.774. The summed E-state index contributed by atoms with van der Waals surface area (Å²) >= 11 is 0. The van der Waals surface area contributed by atoms with E-state index in [2.05, 4.69) is 0 Å². The first-order valence-corrected chi connectivity index (χ1v) is 5.32. The molecule has 0 heterocycles. The Labute approximate surface area is 94.5 Å². The third kappa shape index (κ3) is 4.29. The van der Waals surface area contributed by atoms with E-state index in [-0.39, 0.29) is 6.42 Å². The Morgan fingerprint density at radius 1 is 1.25 bits per heavy atom. The Hall–Kier alpha value is -1.58. The molecule has 16 heavy (non-hydrogen) atoms. The van der Waals surface area contributed by atoms with Crippen LogP contribution in [0, 0.1) is 0 Å². The number of anilines is 1. The van der Waals surface area contributed by atoms with Gasteiger partial charge in [0.1, 0.15) is 6.67 Å². The minimum atomic E-state index is -0.812. The minimum Gasteiger partial charge on any atom is -0.481 e. The number of hydrogen-bond donors (Lipinski definition) is 1. The molecule has 0 fully saturated rings. The molecule has 0 atom stereocenters. The monoisotopic (exact) mass is 225 g/mol. The maximum atomic E-state index is 12.4. The van der Waals surface area contributed by atoms with E-state index in [1.807, 2.05) is 35.2 Å². The van der Waals surface area contributed by atoms with Gasteiger partial charge in [0.25, 0.3) is 0 Å². The lowest BCUT2D eigenvalue weighted by molar-refractivity contribution is -0.137. The van der Waals surface area contributed by atoms with Gasteiger partial charge in [-0.3, -0.25) is 4.79 Å². The number of carboxylic acids is 1. The molecule has 0 spiro atoms. The van der Waals surface area contributed by atoms with Gasteiger partial charge in [0.05, 0.1) is 0 Å². The number of aliphatic carboxylic acids is 1. The maximum Gasteiger partial charge on any atom is 0.303 e. The minimum absolute atomic E-state index is 0.121. The normalized spacial score (nSPS) is 10.1. The van der Waals surface area contributed by atoms with Crippen molar-refractivity contribution < 1.29 is 14.3 Å². The van der Waals surface area contributed by atoms with Crippen LogP contribution in [0.15, 0.2) is 30.3 Å². The fourth-order valence-corrected chi connectivity index (χ4v) is 1.53. The number of alkyl halides is 1. The molecule has 0 aliphatic rings. The van der Waals surface area contributed by atoms with Gasteiger partial charge >= 0.3 is 5.97 Å². The van der Waals surface area contributed by atoms with Crippen molar-refractivity contribution in [3.05, 3.63) is 30.3 Å². The molecule has 0 bridgehead atoms. The second kappa shape index (κ2) is 6.82. The predicted octanol–water partition coefficient (Wildman–Crippen LogP) is 2.33. The SMILES string of the molecule is O=C(O)CCCN(CCF)c1ccccc1. The van der Waals surface area contributed by atoms with Crippen LogP contribution in [0.3, 0.4) is 0 Å². The van der Waals surface area contributed by atoms with E-state index in [0.717, 1.165) is 5.69 Å². The van der Waals surface area contributed by atoms with Gasteiger partial charge in [-0.05, 0) is 18.6 Å². The highest BCUT2D eigenvalue weighted by Crippen LogP contribution is 2.13. The largest absolute Gasteiger partial charge is 0.481 e. The molecule has 88 valence electrons. The molecule has 3 nitrogen and oxygen atoms in total. The van der Waals surface area contributed by atoms with E-state index in [1.54, 1.807) is 0 Å². The highest BCUT2D eigenvalue weighted by Gasteiger charge is 2.06. The molecule has 0 aliphatic heterocycles. The van der Waals surface area contributed by atoms with Crippen molar-refractivity contribution in [1.82, 2.24) is 0 Å². The first-order chi connectivity index (χ1) is 7.74. The number of carboxylic acid groups (broad SMARTS) is 1. The smallest absolute Gasteiger partial charge is 0.303 e. The number of hydrogen-bond acceptors (Lipinski definition) is 2. The van der Waals surface area contributed by atoms with E-state index < -0.39 is 12.6 Å². The lowest BCUT2D eigenvalue weighted by atomic mass is 10.2. The zero-order chi connectivity index (χ0) is 11.8. The zero-order valence-electron chi connectivity index (χ0n) is 9.10. The maximum absolute atomic E-state index is 12.4. The average molecular weight is 225 g/mol. The van der Waals surface area contributed by atoms with Crippen LogP contribution in [0.2, 0.25) is 0 Å². The summed E-state index contributed by atoms with van der Waals surface area (Å²) in [6, 6.07) is 9.47. The van der Waals surface area contributed by atoms with E-state index in [9.17, 15) is 9.18 Å². The lowest BCUT2D eigenvalue weighted by Gasteiger charge is -2.23. The van der Waals surface area contributed by atoms with Crippen molar-refractivity contribution in [3.63, 3.8) is 0 Å². The first kappa shape index (κ1) is 12.5. The topological polar surface area (TPSA) is 40.5 Å². The summed E-state index contributed by atoms with van der Waals surface area (Å²) in [5, 5.41) is 8.53. The molecule has 0 aromatic heterocycles. The third-order valence-electron chi connectivity index (χ3n) is 2.29. The summed E-state index contributed by atoms with van der Waals surface area (Å²) in [5.41, 5.74) is 0.936. The number of halogens is 1. The van der Waals surface area contributed by atoms with Crippen molar-refractivity contribution in [2.45, 2.75) is 12.8 Å². The number of para-hydroxylation sites is 1. The van der Waals surface area contributed by atoms with Crippen LogP contribution in [0.5, 0.6) is 0 Å². The van der Waals surface area contributed by atoms with Gasteiger partial charge in [0.15, 0.2) is 0 Å². The van der Waals surface area contributed by atoms with Crippen LogP contribution < -0.4 is 4.90 Å². The lowest BCUT2D eigenvalue weighted by Crippen LogP contribution is -2.27. The van der Waals surface area contributed by atoms with Gasteiger partial charge < -0.3 is 10.0 Å². The molecule has 1 aromatic rings. The highest BCUT2D eigenvalue weighted by molar-refractivity contribution is 5.66. The van der Waals surface area contributed by atoms with E-state index in [4.69, 9.17) is 5.11 Å². The third-order valence-corrected chi connectivity index (χ3v) is 2.29. The summed E-state index contributed by atoms with van der Waals surface area (Å²) in [4.78, 5) is 12.2. The molecule has 0 saturated heterocycles. The summed E-state index contributed by atoms with van der Waals surface area (Å²) in [6.07, 6.45) is 0.653. The fraction of sp³-hybridized carbons (Fsp3) is 0.417. The Bertz CT molecular complexity index is 316. The van der Waals surface area contributed by atoms with Gasteiger partial charge in [-0.15, -0.1) is 0 Å². The second-order valence-corrected chi connectivity index (χ2v) is 3.51. The van der Waals surface area contributed by atoms with Crippen LogP contribution in [-0.4, -0.2) is 30.8 Å². The summed E-state index contributed by atoms with van der Waals surface area (Å²) in [7, 11) is 0. The van der Waals surface area contributed by atoms with E-state index in [1.165, 1.54) is 0 Å². The molecular formula is C12H16FNO2. The van der Waals surface area contributed by atoms with Gasteiger partial charge in [-0.1, -0.05) is 18.2 Å². The Kier molecular flexibility index (Phi) is 5.32. The number of nitrogens with zero attached hydrogens (tertiary/aromatic N) is 1. The molecule has 0 unspecified atom stereocenters. The van der Waals surface area contributed by atoms with Crippen LogP contribution >= 0.6 is 0 Å². The highest BCUT2D eigenvalue weighted by atomic mass is 19.1. The Morgan fingerprint density at radius 3 is 2.50 bits per heavy atom. The van der Waals surface area contributed by atoms with Crippen molar-refractivity contribution >= 4 is 11.7 Å². The van der Waals surface area contributed by atoms with Crippen LogP contribution in [0.1, 0.15) is 12.8 Å². The predicted molar refractivity (Wildman–Crippen MR) is 61.5 cm³/mol. The first-order valence-electron chi connectivity index (χ1n) is 5.32. The number of benzene rings is 1. The molecule has 0 aliphatic carbocycles. The van der Waals surface area contributed by atoms with E-state index in [0.29, 0.717) is 19.5 Å². The van der Waals surface area contributed by atoms with Crippen LogP contribution in [0.25, 0.3) is 0 Å². The Balaban J connectivity index is 2.51. The van der Waals surface area contributed by atoms with Crippen LogP contribution in [0.4, 0.5) is 10.1 Å². The standard InChI is InChI=1S/C12H16FNO2/c13-8-10-14(9-4-7-12(15)16)11-5-2-1-3-6-11/h1-3,5-6H,4,7-10H2,(H,15,16). The van der Waals surface area contributed by atoms with Gasteiger partial charge in [-0.2, -0.15) is 0 Å². The van der Waals surface area contributed by atoms with Gasteiger partial charge in [0, 0.05) is 25.2 Å².